The first-order valence-electron chi connectivity index (χ1n) is 7.67. The highest BCUT2D eigenvalue weighted by molar-refractivity contribution is 5.82. The van der Waals surface area contributed by atoms with Crippen molar-refractivity contribution in [3.05, 3.63) is 42.1 Å². The van der Waals surface area contributed by atoms with Crippen molar-refractivity contribution in [1.29, 1.82) is 0 Å². The first kappa shape index (κ1) is 15.9. The van der Waals surface area contributed by atoms with E-state index in [0.717, 1.165) is 37.2 Å². The molecule has 21 heavy (non-hydrogen) atoms. The van der Waals surface area contributed by atoms with Crippen molar-refractivity contribution >= 4 is 10.9 Å². The van der Waals surface area contributed by atoms with E-state index in [9.17, 15) is 0 Å². The minimum atomic E-state index is 0.175. The Morgan fingerprint density at radius 3 is 2.76 bits per heavy atom. The van der Waals surface area contributed by atoms with Crippen LogP contribution in [0.25, 0.3) is 10.9 Å². The highest BCUT2D eigenvalue weighted by Gasteiger charge is 2.20. The molecule has 0 bridgehead atoms. The van der Waals surface area contributed by atoms with Crippen molar-refractivity contribution in [3.8, 4) is 0 Å². The van der Waals surface area contributed by atoms with Crippen molar-refractivity contribution < 1.29 is 4.74 Å². The molecule has 2 aromatic rings. The predicted octanol–water partition coefficient (Wildman–Crippen LogP) is 2.59. The molecule has 1 aromatic carbocycles. The Bertz CT molecular complexity index is 553. The maximum Gasteiger partial charge on any atom is 0.0750 e. The summed E-state index contributed by atoms with van der Waals surface area (Å²) in [6, 6.07) is 10.5. The molecule has 0 fully saturated rings. The number of nitrogens with two attached hydrogens (primary N) is 1. The van der Waals surface area contributed by atoms with Gasteiger partial charge in [0.2, 0.25) is 0 Å². The second kappa shape index (κ2) is 8.08. The smallest absolute Gasteiger partial charge is 0.0750 e. The number of aromatic nitrogens is 1. The predicted molar refractivity (Wildman–Crippen MR) is 87.3 cm³/mol. The molecule has 4 nitrogen and oxygen atoms in total. The van der Waals surface area contributed by atoms with Gasteiger partial charge in [-0.15, -0.1) is 0 Å². The number of fused-ring (bicyclic) bond motifs is 1. The Morgan fingerprint density at radius 1 is 1.24 bits per heavy atom. The summed E-state index contributed by atoms with van der Waals surface area (Å²) in [5.74, 6) is 0. The lowest BCUT2D eigenvalue weighted by Gasteiger charge is -2.30. The average Bonchev–Trinajstić information content (AvgIpc) is 2.54. The number of ether oxygens (including phenoxy) is 1. The fourth-order valence-corrected chi connectivity index (χ4v) is 2.73. The van der Waals surface area contributed by atoms with E-state index in [0.29, 0.717) is 6.54 Å². The molecule has 4 heteroatoms. The SMILES string of the molecule is CCOCCN(CC)C(CN)c1cccc2cccnc12. The number of hydrogen-bond acceptors (Lipinski definition) is 4. The molecular weight excluding hydrogens is 262 g/mol. The summed E-state index contributed by atoms with van der Waals surface area (Å²) < 4.78 is 5.49. The first-order chi connectivity index (χ1) is 10.3. The van der Waals surface area contributed by atoms with Gasteiger partial charge in [-0.1, -0.05) is 31.2 Å². The maximum atomic E-state index is 6.07. The number of hydrogen-bond donors (Lipinski definition) is 1. The normalized spacial score (nSPS) is 13.0. The van der Waals surface area contributed by atoms with E-state index in [1.807, 2.05) is 19.2 Å². The van der Waals surface area contributed by atoms with Gasteiger partial charge in [-0.3, -0.25) is 9.88 Å². The molecule has 0 spiro atoms. The van der Waals surface area contributed by atoms with Gasteiger partial charge < -0.3 is 10.5 Å². The van der Waals surface area contributed by atoms with Gasteiger partial charge in [0.15, 0.2) is 0 Å². The van der Waals surface area contributed by atoms with Crippen LogP contribution in [-0.4, -0.2) is 42.7 Å². The van der Waals surface area contributed by atoms with E-state index >= 15 is 0 Å². The van der Waals surface area contributed by atoms with Gasteiger partial charge in [-0.05, 0) is 25.1 Å². The first-order valence-corrected chi connectivity index (χ1v) is 7.67. The molecule has 0 aliphatic heterocycles. The van der Waals surface area contributed by atoms with Gasteiger partial charge in [0.25, 0.3) is 0 Å². The van der Waals surface area contributed by atoms with Crippen molar-refractivity contribution in [1.82, 2.24) is 9.88 Å². The zero-order chi connectivity index (χ0) is 15.1. The third kappa shape index (κ3) is 3.79. The molecule has 0 aliphatic rings. The molecule has 2 rings (SSSR count). The molecule has 0 radical (unpaired) electrons. The minimum Gasteiger partial charge on any atom is -0.380 e. The van der Waals surface area contributed by atoms with E-state index in [2.05, 4.69) is 41.1 Å². The Labute approximate surface area is 126 Å². The molecule has 0 saturated heterocycles. The Morgan fingerprint density at radius 2 is 2.05 bits per heavy atom. The van der Waals surface area contributed by atoms with Crippen molar-refractivity contribution in [2.75, 3.05) is 32.8 Å². The van der Waals surface area contributed by atoms with E-state index in [-0.39, 0.29) is 6.04 Å². The lowest BCUT2D eigenvalue weighted by Crippen LogP contribution is -2.36. The number of likely N-dealkylation sites (N-methyl/N-ethyl adjacent to an activating group) is 1. The monoisotopic (exact) mass is 287 g/mol. The van der Waals surface area contributed by atoms with E-state index in [4.69, 9.17) is 10.5 Å². The Kier molecular flexibility index (Phi) is 6.11. The van der Waals surface area contributed by atoms with Gasteiger partial charge in [0.05, 0.1) is 12.1 Å². The highest BCUT2D eigenvalue weighted by atomic mass is 16.5. The van der Waals surface area contributed by atoms with Gasteiger partial charge >= 0.3 is 0 Å². The van der Waals surface area contributed by atoms with Crippen LogP contribution < -0.4 is 5.73 Å². The van der Waals surface area contributed by atoms with Crippen LogP contribution >= 0.6 is 0 Å². The highest BCUT2D eigenvalue weighted by Crippen LogP contribution is 2.26. The van der Waals surface area contributed by atoms with Crippen LogP contribution in [0.3, 0.4) is 0 Å². The summed E-state index contributed by atoms with van der Waals surface area (Å²) in [6.45, 7) is 8.07. The molecule has 1 heterocycles. The molecule has 0 saturated carbocycles. The number of para-hydroxylation sites is 1. The van der Waals surface area contributed by atoms with Crippen LogP contribution in [0.4, 0.5) is 0 Å². The molecule has 1 unspecified atom stereocenters. The van der Waals surface area contributed by atoms with Gasteiger partial charge in [-0.2, -0.15) is 0 Å². The molecule has 0 amide bonds. The molecule has 2 N–H and O–H groups in total. The van der Waals surface area contributed by atoms with Crippen LogP contribution in [0.15, 0.2) is 36.5 Å². The summed E-state index contributed by atoms with van der Waals surface area (Å²) in [5.41, 5.74) is 8.32. The summed E-state index contributed by atoms with van der Waals surface area (Å²) in [6.07, 6.45) is 1.84. The van der Waals surface area contributed by atoms with Crippen LogP contribution in [0.5, 0.6) is 0 Å². The van der Waals surface area contributed by atoms with Crippen molar-refractivity contribution in [2.24, 2.45) is 5.73 Å². The van der Waals surface area contributed by atoms with Crippen LogP contribution in [0.1, 0.15) is 25.5 Å². The second-order valence-electron chi connectivity index (χ2n) is 5.00. The lowest BCUT2D eigenvalue weighted by molar-refractivity contribution is 0.0983. The van der Waals surface area contributed by atoms with E-state index < -0.39 is 0 Å². The van der Waals surface area contributed by atoms with E-state index in [1.165, 1.54) is 5.56 Å². The zero-order valence-electron chi connectivity index (χ0n) is 13.0. The van der Waals surface area contributed by atoms with Crippen molar-refractivity contribution in [2.45, 2.75) is 19.9 Å². The zero-order valence-corrected chi connectivity index (χ0v) is 13.0. The molecule has 114 valence electrons. The largest absolute Gasteiger partial charge is 0.380 e. The van der Waals surface area contributed by atoms with Gasteiger partial charge in [0, 0.05) is 37.3 Å². The lowest BCUT2D eigenvalue weighted by atomic mass is 10.0. The number of nitrogens with zero attached hydrogens (tertiary/aromatic N) is 2. The Balaban J connectivity index is 2.29. The summed E-state index contributed by atoms with van der Waals surface area (Å²) in [5, 5.41) is 1.16. The van der Waals surface area contributed by atoms with Crippen LogP contribution in [0, 0.1) is 0 Å². The third-order valence-corrected chi connectivity index (χ3v) is 3.82. The van der Waals surface area contributed by atoms with Gasteiger partial charge in [0.1, 0.15) is 0 Å². The fraction of sp³-hybridized carbons (Fsp3) is 0.471. The minimum absolute atomic E-state index is 0.175. The second-order valence-corrected chi connectivity index (χ2v) is 5.00. The standard InChI is InChI=1S/C17H25N3O/c1-3-20(11-12-21-4-2)16(13-18)15-9-5-7-14-8-6-10-19-17(14)15/h5-10,16H,3-4,11-13,18H2,1-2H3. The van der Waals surface area contributed by atoms with Crippen LogP contribution in [-0.2, 0) is 4.74 Å². The summed E-state index contributed by atoms with van der Waals surface area (Å²) in [7, 11) is 0. The number of pyridine rings is 1. The summed E-state index contributed by atoms with van der Waals surface area (Å²) in [4.78, 5) is 6.91. The van der Waals surface area contributed by atoms with Gasteiger partial charge in [-0.25, -0.2) is 0 Å². The molecule has 0 aliphatic carbocycles. The fourth-order valence-electron chi connectivity index (χ4n) is 2.73. The van der Waals surface area contributed by atoms with Crippen molar-refractivity contribution in [3.63, 3.8) is 0 Å². The topological polar surface area (TPSA) is 51.4 Å². The average molecular weight is 287 g/mol. The Hall–Kier alpha value is -1.49. The maximum absolute atomic E-state index is 6.07. The number of benzene rings is 1. The number of rotatable bonds is 8. The van der Waals surface area contributed by atoms with Crippen LogP contribution in [0.2, 0.25) is 0 Å². The third-order valence-electron chi connectivity index (χ3n) is 3.82. The summed E-state index contributed by atoms with van der Waals surface area (Å²) >= 11 is 0. The molecular formula is C17H25N3O. The molecule has 1 atom stereocenters. The van der Waals surface area contributed by atoms with E-state index in [1.54, 1.807) is 0 Å². The quantitative estimate of drug-likeness (QED) is 0.758. The molecule has 1 aromatic heterocycles.